The molecule has 1 amide bonds. The van der Waals surface area contributed by atoms with Crippen LogP contribution in [0.5, 0.6) is 0 Å². The molecule has 2 aliphatic carbocycles. The highest BCUT2D eigenvalue weighted by Gasteiger charge is 2.21. The highest BCUT2D eigenvalue weighted by molar-refractivity contribution is 5.93. The van der Waals surface area contributed by atoms with E-state index in [1.165, 1.54) is 23.1 Å². The lowest BCUT2D eigenvalue weighted by atomic mass is 9.88. The SMILES string of the molecule is O=C(Nc1cncc(-c2ccc3c(c2)C(c2cc4cnccc4[nH]2)=CCCC3)c1)C1CCCCC1. The fourth-order valence-corrected chi connectivity index (χ4v) is 5.52. The van der Waals surface area contributed by atoms with Gasteiger partial charge in [-0.15, -0.1) is 0 Å². The molecule has 3 heterocycles. The first-order valence-electron chi connectivity index (χ1n) is 12.8. The second kappa shape index (κ2) is 9.49. The first-order valence-corrected chi connectivity index (χ1v) is 12.8. The predicted octanol–water partition coefficient (Wildman–Crippen LogP) is 6.91. The zero-order valence-electron chi connectivity index (χ0n) is 19.9. The Morgan fingerprint density at radius 1 is 0.914 bits per heavy atom. The molecule has 2 N–H and O–H groups in total. The maximum absolute atomic E-state index is 12.8. The minimum Gasteiger partial charge on any atom is -0.354 e. The van der Waals surface area contributed by atoms with Crippen LogP contribution in [0.2, 0.25) is 0 Å². The molecule has 6 rings (SSSR count). The summed E-state index contributed by atoms with van der Waals surface area (Å²) < 4.78 is 0. The van der Waals surface area contributed by atoms with Gasteiger partial charge in [-0.05, 0) is 73.1 Å². The van der Waals surface area contributed by atoms with Crippen LogP contribution in [0.4, 0.5) is 5.69 Å². The molecule has 0 atom stereocenters. The van der Waals surface area contributed by atoms with Crippen molar-refractivity contribution in [3.63, 3.8) is 0 Å². The van der Waals surface area contributed by atoms with Gasteiger partial charge >= 0.3 is 0 Å². The fraction of sp³-hybridized carbons (Fsp3) is 0.300. The molecule has 5 nitrogen and oxygen atoms in total. The van der Waals surface area contributed by atoms with Crippen molar-refractivity contribution in [1.82, 2.24) is 15.0 Å². The normalized spacial score (nSPS) is 16.4. The van der Waals surface area contributed by atoms with Gasteiger partial charge in [0.2, 0.25) is 5.91 Å². The average Bonchev–Trinajstić information content (AvgIpc) is 3.22. The molecule has 176 valence electrons. The van der Waals surface area contributed by atoms with Crippen LogP contribution >= 0.6 is 0 Å². The van der Waals surface area contributed by atoms with Crippen LogP contribution in [0.15, 0.2) is 67.3 Å². The summed E-state index contributed by atoms with van der Waals surface area (Å²) in [7, 11) is 0. The molecule has 3 aromatic heterocycles. The van der Waals surface area contributed by atoms with Crippen LogP contribution in [0.1, 0.15) is 61.8 Å². The Hall–Kier alpha value is -3.73. The van der Waals surface area contributed by atoms with Gasteiger partial charge in [0.1, 0.15) is 0 Å². The lowest BCUT2D eigenvalue weighted by Gasteiger charge is -2.20. The first-order chi connectivity index (χ1) is 17.2. The highest BCUT2D eigenvalue weighted by atomic mass is 16.1. The lowest BCUT2D eigenvalue weighted by molar-refractivity contribution is -0.120. The van der Waals surface area contributed by atoms with Gasteiger partial charge in [0.25, 0.3) is 0 Å². The van der Waals surface area contributed by atoms with Crippen molar-refractivity contribution in [2.45, 2.75) is 51.4 Å². The Bertz CT molecular complexity index is 1380. The zero-order valence-corrected chi connectivity index (χ0v) is 19.9. The van der Waals surface area contributed by atoms with E-state index < -0.39 is 0 Å². The van der Waals surface area contributed by atoms with Gasteiger partial charge in [-0.2, -0.15) is 0 Å². The molecule has 1 fully saturated rings. The number of allylic oxidation sites excluding steroid dienone is 1. The van der Waals surface area contributed by atoms with Gasteiger partial charge in [0, 0.05) is 52.2 Å². The number of amides is 1. The molecule has 2 aliphatic rings. The van der Waals surface area contributed by atoms with Crippen LogP contribution in [0, 0.1) is 5.92 Å². The highest BCUT2D eigenvalue weighted by Crippen LogP contribution is 2.35. The van der Waals surface area contributed by atoms with Crippen molar-refractivity contribution in [1.29, 1.82) is 0 Å². The van der Waals surface area contributed by atoms with E-state index in [0.29, 0.717) is 0 Å². The van der Waals surface area contributed by atoms with Crippen molar-refractivity contribution in [2.75, 3.05) is 5.32 Å². The minimum absolute atomic E-state index is 0.124. The van der Waals surface area contributed by atoms with E-state index in [0.717, 1.165) is 78.4 Å². The number of aromatic amines is 1. The number of fused-ring (bicyclic) bond motifs is 2. The Morgan fingerprint density at radius 2 is 1.83 bits per heavy atom. The number of hydrogen-bond acceptors (Lipinski definition) is 3. The molecule has 35 heavy (non-hydrogen) atoms. The van der Waals surface area contributed by atoms with Gasteiger partial charge in [0.05, 0.1) is 11.9 Å². The van der Waals surface area contributed by atoms with E-state index in [2.05, 4.69) is 50.6 Å². The maximum Gasteiger partial charge on any atom is 0.227 e. The van der Waals surface area contributed by atoms with Crippen molar-refractivity contribution >= 4 is 28.1 Å². The quantitative estimate of drug-likeness (QED) is 0.346. The summed E-state index contributed by atoms with van der Waals surface area (Å²) in [5, 5.41) is 4.24. The number of rotatable bonds is 4. The van der Waals surface area contributed by atoms with Crippen molar-refractivity contribution in [3.05, 3.63) is 84.1 Å². The number of H-pyrrole nitrogens is 1. The van der Waals surface area contributed by atoms with Crippen molar-refractivity contribution in [2.24, 2.45) is 5.92 Å². The number of carbonyl (C=O) groups is 1. The maximum atomic E-state index is 12.8. The third-order valence-corrected chi connectivity index (χ3v) is 7.43. The molecule has 1 aromatic carbocycles. The van der Waals surface area contributed by atoms with Crippen LogP contribution in [0.25, 0.3) is 27.6 Å². The molecule has 5 heteroatoms. The van der Waals surface area contributed by atoms with Gasteiger partial charge < -0.3 is 10.3 Å². The second-order valence-electron chi connectivity index (χ2n) is 9.81. The smallest absolute Gasteiger partial charge is 0.227 e. The summed E-state index contributed by atoms with van der Waals surface area (Å²) in [4.78, 5) is 25.1. The van der Waals surface area contributed by atoms with Crippen molar-refractivity contribution < 1.29 is 4.79 Å². The number of aryl methyl sites for hydroxylation is 1. The average molecular weight is 463 g/mol. The minimum atomic E-state index is 0.124. The number of anilines is 1. The van der Waals surface area contributed by atoms with Gasteiger partial charge in [-0.1, -0.05) is 37.5 Å². The number of hydrogen-bond donors (Lipinski definition) is 2. The summed E-state index contributed by atoms with van der Waals surface area (Å²) in [6, 6.07) is 13.0. The molecule has 0 unspecified atom stereocenters. The Kier molecular flexibility index (Phi) is 5.91. The Labute approximate surface area is 205 Å². The second-order valence-corrected chi connectivity index (χ2v) is 9.81. The van der Waals surface area contributed by atoms with E-state index in [-0.39, 0.29) is 11.8 Å². The molecule has 0 bridgehead atoms. The number of nitrogens with one attached hydrogen (secondary N) is 2. The van der Waals surface area contributed by atoms with Gasteiger partial charge in [-0.25, -0.2) is 0 Å². The number of nitrogens with zero attached hydrogens (tertiary/aromatic N) is 2. The van der Waals surface area contributed by atoms with E-state index in [4.69, 9.17) is 0 Å². The third kappa shape index (κ3) is 4.51. The molecule has 0 aliphatic heterocycles. The Morgan fingerprint density at radius 3 is 2.71 bits per heavy atom. The molecule has 0 radical (unpaired) electrons. The summed E-state index contributed by atoms with van der Waals surface area (Å²) in [6.07, 6.45) is 18.5. The zero-order chi connectivity index (χ0) is 23.6. The van der Waals surface area contributed by atoms with E-state index in [1.807, 2.05) is 30.7 Å². The molecule has 0 spiro atoms. The fourth-order valence-electron chi connectivity index (χ4n) is 5.52. The van der Waals surface area contributed by atoms with E-state index in [1.54, 1.807) is 6.20 Å². The van der Waals surface area contributed by atoms with Crippen molar-refractivity contribution in [3.8, 4) is 11.1 Å². The monoisotopic (exact) mass is 462 g/mol. The topological polar surface area (TPSA) is 70.7 Å². The van der Waals surface area contributed by atoms with E-state index >= 15 is 0 Å². The molecular formula is C30H30N4O. The first kappa shape index (κ1) is 21.8. The van der Waals surface area contributed by atoms with E-state index in [9.17, 15) is 4.79 Å². The number of pyridine rings is 2. The van der Waals surface area contributed by atoms with Gasteiger partial charge in [0.15, 0.2) is 0 Å². The standard InChI is InChI=1S/C30H30N4O/c35-30(21-7-2-1-3-8-21)33-25-14-23(17-32-19-25)22-11-10-20-6-4-5-9-26(27(20)15-22)29-16-24-18-31-13-12-28(24)34-29/h9-19,21,34H,1-8H2,(H,33,35). The molecular weight excluding hydrogens is 432 g/mol. The Balaban J connectivity index is 1.32. The summed E-state index contributed by atoms with van der Waals surface area (Å²) in [6.45, 7) is 0. The number of carbonyl (C=O) groups excluding carboxylic acids is 1. The summed E-state index contributed by atoms with van der Waals surface area (Å²) >= 11 is 0. The predicted molar refractivity (Wildman–Crippen MR) is 141 cm³/mol. The third-order valence-electron chi connectivity index (χ3n) is 7.43. The van der Waals surface area contributed by atoms with Gasteiger partial charge in [-0.3, -0.25) is 14.8 Å². The molecule has 4 aromatic rings. The molecule has 0 saturated heterocycles. The van der Waals surface area contributed by atoms with Crippen LogP contribution in [-0.4, -0.2) is 20.9 Å². The summed E-state index contributed by atoms with van der Waals surface area (Å²) in [5.74, 6) is 0.253. The lowest BCUT2D eigenvalue weighted by Crippen LogP contribution is -2.24. The van der Waals surface area contributed by atoms with Crippen LogP contribution in [-0.2, 0) is 11.2 Å². The summed E-state index contributed by atoms with van der Waals surface area (Å²) in [5.41, 5.74) is 8.98. The number of benzene rings is 1. The largest absolute Gasteiger partial charge is 0.354 e. The van der Waals surface area contributed by atoms with Crippen LogP contribution < -0.4 is 5.32 Å². The molecule has 1 saturated carbocycles. The number of aromatic nitrogens is 3. The van der Waals surface area contributed by atoms with Crippen LogP contribution in [0.3, 0.4) is 0 Å².